The second-order valence-electron chi connectivity index (χ2n) is 3.99. The number of para-hydroxylation sites is 1. The molecule has 2 amide bonds. The summed E-state index contributed by atoms with van der Waals surface area (Å²) in [7, 11) is 0. The summed E-state index contributed by atoms with van der Waals surface area (Å²) < 4.78 is 1.96. The largest absolute Gasteiger partial charge is 0.317 e. The molecule has 4 nitrogen and oxygen atoms in total. The molecule has 0 aliphatic carbocycles. The molecule has 0 unspecified atom stereocenters. The topological polar surface area (TPSA) is 51.1 Å². The van der Waals surface area contributed by atoms with Gasteiger partial charge in [-0.1, -0.05) is 18.2 Å². The molecule has 1 aromatic heterocycles. The molecule has 0 spiro atoms. The number of hydrogen-bond acceptors (Lipinski definition) is 3. The number of carbonyl (C=O) groups is 2. The van der Waals surface area contributed by atoms with Gasteiger partial charge in [-0.3, -0.25) is 14.9 Å². The fraction of sp³-hybridized carbons (Fsp3) is 0. The molecule has 2 heterocycles. The van der Waals surface area contributed by atoms with Gasteiger partial charge in [0, 0.05) is 17.6 Å². The highest BCUT2D eigenvalue weighted by Gasteiger charge is 2.25. The molecule has 3 rings (SSSR count). The van der Waals surface area contributed by atoms with Crippen LogP contribution in [0.3, 0.4) is 0 Å². The van der Waals surface area contributed by atoms with Gasteiger partial charge in [-0.2, -0.15) is 0 Å². The van der Waals surface area contributed by atoms with Crippen molar-refractivity contribution in [1.82, 2.24) is 9.88 Å². The molecule has 1 N–H and O–H groups in total. The first kappa shape index (κ1) is 11.8. The molecule has 2 aromatic rings. The zero-order valence-electron chi connectivity index (χ0n) is 9.87. The maximum absolute atomic E-state index is 11.5. The summed E-state index contributed by atoms with van der Waals surface area (Å²) in [4.78, 5) is 23.1. The smallest absolute Gasteiger partial charge is 0.290 e. The number of rotatable bonds is 2. The molecule has 1 aromatic carbocycles. The molecule has 5 heteroatoms. The highest BCUT2D eigenvalue weighted by atomic mass is 32.2. The maximum Gasteiger partial charge on any atom is 0.290 e. The number of benzene rings is 1. The molecule has 1 saturated heterocycles. The third-order valence-electron chi connectivity index (χ3n) is 2.74. The zero-order valence-corrected chi connectivity index (χ0v) is 10.7. The number of nitrogens with one attached hydrogen (secondary N) is 1. The second kappa shape index (κ2) is 4.78. The Morgan fingerprint density at radius 2 is 1.84 bits per heavy atom. The monoisotopic (exact) mass is 270 g/mol. The molecule has 0 bridgehead atoms. The Hall–Kier alpha value is -2.27. The number of carbonyl (C=O) groups excluding carboxylic acids is 2. The molecule has 19 heavy (non-hydrogen) atoms. The van der Waals surface area contributed by atoms with Gasteiger partial charge >= 0.3 is 0 Å². The normalized spacial score (nSPS) is 16.9. The van der Waals surface area contributed by atoms with Crippen molar-refractivity contribution in [2.45, 2.75) is 0 Å². The van der Waals surface area contributed by atoms with Gasteiger partial charge in [0.2, 0.25) is 0 Å². The van der Waals surface area contributed by atoms with E-state index in [0.717, 1.165) is 23.1 Å². The Kier molecular flexibility index (Phi) is 2.97. The van der Waals surface area contributed by atoms with Crippen molar-refractivity contribution in [2.75, 3.05) is 0 Å². The van der Waals surface area contributed by atoms with Gasteiger partial charge in [0.25, 0.3) is 11.1 Å². The van der Waals surface area contributed by atoms with Crippen molar-refractivity contribution in [3.05, 3.63) is 59.3 Å². The lowest BCUT2D eigenvalue weighted by Gasteiger charge is -2.06. The van der Waals surface area contributed by atoms with E-state index in [1.54, 1.807) is 6.08 Å². The minimum absolute atomic E-state index is 0.325. The fourth-order valence-corrected chi connectivity index (χ4v) is 2.56. The summed E-state index contributed by atoms with van der Waals surface area (Å²) in [6.07, 6.45) is 3.64. The first-order chi connectivity index (χ1) is 9.24. The highest BCUT2D eigenvalue weighted by molar-refractivity contribution is 8.18. The highest BCUT2D eigenvalue weighted by Crippen LogP contribution is 2.26. The van der Waals surface area contributed by atoms with Crippen molar-refractivity contribution in [3.8, 4) is 5.69 Å². The van der Waals surface area contributed by atoms with Crippen molar-refractivity contribution >= 4 is 29.0 Å². The van der Waals surface area contributed by atoms with E-state index in [4.69, 9.17) is 0 Å². The van der Waals surface area contributed by atoms with Gasteiger partial charge in [0.1, 0.15) is 0 Å². The van der Waals surface area contributed by atoms with E-state index in [-0.39, 0.29) is 11.1 Å². The van der Waals surface area contributed by atoms with Crippen LogP contribution in [0.15, 0.2) is 53.6 Å². The van der Waals surface area contributed by atoms with Crippen LogP contribution in [0.25, 0.3) is 11.8 Å². The third kappa shape index (κ3) is 2.32. The number of aromatic nitrogens is 1. The number of nitrogens with zero attached hydrogens (tertiary/aromatic N) is 1. The number of thioether (sulfide) groups is 1. The van der Waals surface area contributed by atoms with Gasteiger partial charge in [-0.15, -0.1) is 0 Å². The zero-order chi connectivity index (χ0) is 13.2. The SMILES string of the molecule is O=C1NC(=O)C(=Cc2cccn2-c2ccccc2)S1. The number of imide groups is 1. The average Bonchev–Trinajstić information content (AvgIpc) is 2.98. The molecular weight excluding hydrogens is 260 g/mol. The van der Waals surface area contributed by atoms with Crippen LogP contribution < -0.4 is 5.32 Å². The summed E-state index contributed by atoms with van der Waals surface area (Å²) in [5, 5.41) is 1.92. The average molecular weight is 270 g/mol. The maximum atomic E-state index is 11.5. The molecule has 1 aliphatic rings. The molecular formula is C14H10N2O2S. The summed E-state index contributed by atoms with van der Waals surface area (Å²) in [5.41, 5.74) is 1.87. The predicted molar refractivity (Wildman–Crippen MR) is 74.9 cm³/mol. The van der Waals surface area contributed by atoms with Gasteiger partial charge in [-0.05, 0) is 42.1 Å². The van der Waals surface area contributed by atoms with E-state index in [1.165, 1.54) is 0 Å². The van der Waals surface area contributed by atoms with Crippen LogP contribution in [-0.4, -0.2) is 15.7 Å². The lowest BCUT2D eigenvalue weighted by molar-refractivity contribution is -0.115. The van der Waals surface area contributed by atoms with Crippen LogP contribution in [0.4, 0.5) is 4.79 Å². The molecule has 1 aliphatic heterocycles. The molecule has 0 atom stereocenters. The van der Waals surface area contributed by atoms with Gasteiger partial charge in [0.05, 0.1) is 4.91 Å². The lowest BCUT2D eigenvalue weighted by atomic mass is 10.3. The van der Waals surface area contributed by atoms with Crippen LogP contribution in [0.2, 0.25) is 0 Å². The number of amides is 2. The van der Waals surface area contributed by atoms with Crippen LogP contribution in [0, 0.1) is 0 Å². The Bertz CT molecular complexity index is 674. The van der Waals surface area contributed by atoms with Crippen LogP contribution in [-0.2, 0) is 4.79 Å². The van der Waals surface area contributed by atoms with E-state index >= 15 is 0 Å². The minimum atomic E-state index is -0.337. The minimum Gasteiger partial charge on any atom is -0.317 e. The van der Waals surface area contributed by atoms with Crippen LogP contribution in [0.5, 0.6) is 0 Å². The van der Waals surface area contributed by atoms with E-state index in [9.17, 15) is 9.59 Å². The van der Waals surface area contributed by atoms with Crippen molar-refractivity contribution in [3.63, 3.8) is 0 Å². The molecule has 94 valence electrons. The van der Waals surface area contributed by atoms with Crippen molar-refractivity contribution < 1.29 is 9.59 Å². The summed E-state index contributed by atoms with van der Waals surface area (Å²) in [6, 6.07) is 13.6. The van der Waals surface area contributed by atoms with Crippen LogP contribution in [0.1, 0.15) is 5.69 Å². The summed E-state index contributed by atoms with van der Waals surface area (Å²) >= 11 is 0.924. The predicted octanol–water partition coefficient (Wildman–Crippen LogP) is 2.80. The molecule has 0 saturated carbocycles. The van der Waals surface area contributed by atoms with Gasteiger partial charge in [-0.25, -0.2) is 0 Å². The van der Waals surface area contributed by atoms with Crippen molar-refractivity contribution in [1.29, 1.82) is 0 Å². The quantitative estimate of drug-likeness (QED) is 0.854. The second-order valence-corrected chi connectivity index (χ2v) is 5.01. The van der Waals surface area contributed by atoms with Crippen LogP contribution >= 0.6 is 11.8 Å². The van der Waals surface area contributed by atoms with E-state index < -0.39 is 0 Å². The Balaban J connectivity index is 2.00. The molecule has 1 fully saturated rings. The number of hydrogen-bond donors (Lipinski definition) is 1. The standard InChI is InChI=1S/C14H10N2O2S/c17-13-12(19-14(18)15-13)9-11-7-4-8-16(11)10-5-2-1-3-6-10/h1-9H,(H,15,17,18). The summed E-state index contributed by atoms with van der Waals surface area (Å²) in [6.45, 7) is 0. The fourth-order valence-electron chi connectivity index (χ4n) is 1.89. The Morgan fingerprint density at radius 3 is 2.53 bits per heavy atom. The third-order valence-corrected chi connectivity index (χ3v) is 3.55. The Labute approximate surface area is 114 Å². The Morgan fingerprint density at radius 1 is 1.05 bits per heavy atom. The molecule has 0 radical (unpaired) electrons. The van der Waals surface area contributed by atoms with Gasteiger partial charge in [0.15, 0.2) is 0 Å². The van der Waals surface area contributed by atoms with E-state index in [0.29, 0.717) is 4.91 Å². The summed E-state index contributed by atoms with van der Waals surface area (Å²) in [5.74, 6) is -0.337. The van der Waals surface area contributed by atoms with E-state index in [2.05, 4.69) is 5.32 Å². The first-order valence-electron chi connectivity index (χ1n) is 5.72. The van der Waals surface area contributed by atoms with Crippen molar-refractivity contribution in [2.24, 2.45) is 0 Å². The first-order valence-corrected chi connectivity index (χ1v) is 6.53. The van der Waals surface area contributed by atoms with E-state index in [1.807, 2.05) is 53.2 Å². The van der Waals surface area contributed by atoms with Gasteiger partial charge < -0.3 is 4.57 Å². The lowest BCUT2D eigenvalue weighted by Crippen LogP contribution is -2.17.